The fourth-order valence-corrected chi connectivity index (χ4v) is 6.15. The molecule has 7 heteroatoms. The summed E-state index contributed by atoms with van der Waals surface area (Å²) in [5.41, 5.74) is 4.68. The molecule has 3 aromatic carbocycles. The lowest BCUT2D eigenvalue weighted by Gasteiger charge is -2.38. The molecule has 0 bridgehead atoms. The maximum absolute atomic E-state index is 6.15. The van der Waals surface area contributed by atoms with Crippen LogP contribution in [-0.4, -0.2) is 7.11 Å². The summed E-state index contributed by atoms with van der Waals surface area (Å²) in [4.78, 5) is 0. The van der Waals surface area contributed by atoms with Gasteiger partial charge in [-0.3, -0.25) is 0 Å². The molecule has 2 aliphatic rings. The van der Waals surface area contributed by atoms with E-state index in [-0.39, 0.29) is 6.04 Å². The van der Waals surface area contributed by atoms with Gasteiger partial charge < -0.3 is 14.8 Å². The summed E-state index contributed by atoms with van der Waals surface area (Å²) in [5.74, 6) is 2.22. The number of hydrogen-bond donors (Lipinski definition) is 1. The first kappa shape index (κ1) is 23.3. The minimum absolute atomic E-state index is 0.173. The lowest BCUT2D eigenvalue weighted by molar-refractivity contribution is 0.282. The molecule has 0 spiro atoms. The lowest BCUT2D eigenvalue weighted by atomic mass is 9.77. The van der Waals surface area contributed by atoms with Gasteiger partial charge in [0, 0.05) is 15.2 Å². The summed E-state index contributed by atoms with van der Waals surface area (Å²) in [6, 6.07) is 16.5. The Morgan fingerprint density at radius 2 is 1.94 bits per heavy atom. The number of hydrogen-bond acceptors (Lipinski definition) is 3. The Morgan fingerprint density at radius 1 is 1.09 bits per heavy atom. The van der Waals surface area contributed by atoms with Gasteiger partial charge in [-0.05, 0) is 110 Å². The van der Waals surface area contributed by atoms with Crippen LogP contribution in [0.15, 0.2) is 65.2 Å². The van der Waals surface area contributed by atoms with Gasteiger partial charge >= 0.3 is 0 Å². The van der Waals surface area contributed by atoms with Gasteiger partial charge in [-0.25, -0.2) is 0 Å². The second-order valence-corrected chi connectivity index (χ2v) is 11.2. The Balaban J connectivity index is 1.44. The molecular weight excluding hydrogens is 636 g/mol. The summed E-state index contributed by atoms with van der Waals surface area (Å²) in [6.07, 6.45) is 5.71. The third-order valence-corrected chi connectivity index (χ3v) is 8.30. The Kier molecular flexibility index (Phi) is 6.85. The molecule has 0 amide bonds. The van der Waals surface area contributed by atoms with Crippen molar-refractivity contribution in [2.24, 2.45) is 5.92 Å². The highest BCUT2D eigenvalue weighted by atomic mass is 127. The van der Waals surface area contributed by atoms with E-state index in [1.165, 1.54) is 20.4 Å². The van der Waals surface area contributed by atoms with Crippen LogP contribution >= 0.6 is 61.7 Å². The minimum atomic E-state index is 0.173. The van der Waals surface area contributed by atoms with E-state index in [2.05, 4.69) is 86.3 Å². The van der Waals surface area contributed by atoms with Crippen molar-refractivity contribution in [2.75, 3.05) is 12.4 Å². The average Bonchev–Trinajstić information content (AvgIpc) is 3.30. The van der Waals surface area contributed by atoms with Crippen molar-refractivity contribution in [3.8, 4) is 11.5 Å². The Morgan fingerprint density at radius 3 is 2.73 bits per heavy atom. The minimum Gasteiger partial charge on any atom is -0.493 e. The smallest absolute Gasteiger partial charge is 0.175 e. The highest BCUT2D eigenvalue weighted by Gasteiger charge is 2.38. The van der Waals surface area contributed by atoms with Gasteiger partial charge in [-0.15, -0.1) is 0 Å². The summed E-state index contributed by atoms with van der Waals surface area (Å²) in [6.45, 7) is 0.355. The SMILES string of the molecule is COc1cc([C@@H]2Nc3ccc(I)cc3[C@@H]3C=CC[C@@H]32)cc(Br)c1OCc1ccc(Cl)c(Cl)c1. The Labute approximate surface area is 225 Å². The maximum Gasteiger partial charge on any atom is 0.175 e. The average molecular weight is 657 g/mol. The number of benzene rings is 3. The first-order valence-electron chi connectivity index (χ1n) is 10.6. The molecule has 1 aliphatic carbocycles. The van der Waals surface area contributed by atoms with Gasteiger partial charge in [0.2, 0.25) is 0 Å². The van der Waals surface area contributed by atoms with Gasteiger partial charge in [-0.2, -0.15) is 0 Å². The molecule has 1 heterocycles. The van der Waals surface area contributed by atoms with Crippen molar-refractivity contribution < 1.29 is 9.47 Å². The molecule has 0 aromatic heterocycles. The van der Waals surface area contributed by atoms with Crippen LogP contribution in [0.2, 0.25) is 10.0 Å². The lowest BCUT2D eigenvalue weighted by Crippen LogP contribution is -2.29. The van der Waals surface area contributed by atoms with Crippen LogP contribution in [0.1, 0.15) is 35.1 Å². The number of methoxy groups -OCH3 is 1. The topological polar surface area (TPSA) is 30.5 Å². The molecule has 1 N–H and O–H groups in total. The van der Waals surface area contributed by atoms with E-state index in [0.717, 1.165) is 16.5 Å². The van der Waals surface area contributed by atoms with E-state index in [1.807, 2.05) is 12.1 Å². The third-order valence-electron chi connectivity index (χ3n) is 6.30. The van der Waals surface area contributed by atoms with E-state index in [0.29, 0.717) is 40.0 Å². The second kappa shape index (κ2) is 9.68. The predicted octanol–water partition coefficient (Wildman–Crippen LogP) is 8.77. The van der Waals surface area contributed by atoms with E-state index in [4.69, 9.17) is 32.7 Å². The van der Waals surface area contributed by atoms with Gasteiger partial charge in [0.25, 0.3) is 0 Å². The molecule has 0 unspecified atom stereocenters. The van der Waals surface area contributed by atoms with Crippen molar-refractivity contribution in [1.82, 2.24) is 0 Å². The highest BCUT2D eigenvalue weighted by molar-refractivity contribution is 14.1. The maximum atomic E-state index is 6.15. The molecule has 170 valence electrons. The molecule has 3 atom stereocenters. The fraction of sp³-hybridized carbons (Fsp3) is 0.231. The first-order chi connectivity index (χ1) is 15.9. The molecule has 0 radical (unpaired) electrons. The van der Waals surface area contributed by atoms with Crippen LogP contribution in [0.5, 0.6) is 11.5 Å². The summed E-state index contributed by atoms with van der Waals surface area (Å²) < 4.78 is 14.0. The normalized spacial score (nSPS) is 20.7. The van der Waals surface area contributed by atoms with Crippen LogP contribution in [0.4, 0.5) is 5.69 Å². The van der Waals surface area contributed by atoms with E-state index in [9.17, 15) is 0 Å². The van der Waals surface area contributed by atoms with Crippen LogP contribution in [0, 0.1) is 9.49 Å². The molecule has 1 aliphatic heterocycles. The first-order valence-corrected chi connectivity index (χ1v) is 13.2. The van der Waals surface area contributed by atoms with Crippen LogP contribution in [0.3, 0.4) is 0 Å². The molecule has 3 aromatic rings. The molecular formula is C26H21BrCl2INO2. The van der Waals surface area contributed by atoms with E-state index < -0.39 is 0 Å². The quantitative estimate of drug-likeness (QED) is 0.220. The molecule has 3 nitrogen and oxygen atoms in total. The van der Waals surface area contributed by atoms with Gasteiger partial charge in [0.05, 0.1) is 27.7 Å². The van der Waals surface area contributed by atoms with Gasteiger partial charge in [0.1, 0.15) is 6.61 Å². The molecule has 0 saturated carbocycles. The number of nitrogens with one attached hydrogen (secondary N) is 1. The molecule has 0 fully saturated rings. The summed E-state index contributed by atoms with van der Waals surface area (Å²) in [7, 11) is 1.67. The number of fused-ring (bicyclic) bond motifs is 3. The number of halogens is 4. The van der Waals surface area contributed by atoms with Crippen molar-refractivity contribution in [2.45, 2.75) is 25.0 Å². The van der Waals surface area contributed by atoms with Crippen molar-refractivity contribution in [1.29, 1.82) is 0 Å². The van der Waals surface area contributed by atoms with Gasteiger partial charge in [0.15, 0.2) is 11.5 Å². The highest BCUT2D eigenvalue weighted by Crippen LogP contribution is 2.51. The third kappa shape index (κ3) is 4.62. The largest absolute Gasteiger partial charge is 0.493 e. The second-order valence-electron chi connectivity index (χ2n) is 8.28. The van der Waals surface area contributed by atoms with Crippen molar-refractivity contribution >= 4 is 67.4 Å². The van der Waals surface area contributed by atoms with Crippen LogP contribution in [0.25, 0.3) is 0 Å². The zero-order valence-electron chi connectivity index (χ0n) is 17.7. The molecule has 33 heavy (non-hydrogen) atoms. The molecule has 0 saturated heterocycles. The van der Waals surface area contributed by atoms with Crippen molar-refractivity contribution in [3.63, 3.8) is 0 Å². The predicted molar refractivity (Wildman–Crippen MR) is 147 cm³/mol. The van der Waals surface area contributed by atoms with Crippen LogP contribution < -0.4 is 14.8 Å². The number of allylic oxidation sites excluding steroid dienone is 2. The zero-order valence-corrected chi connectivity index (χ0v) is 23.0. The van der Waals surface area contributed by atoms with Crippen LogP contribution in [-0.2, 0) is 6.61 Å². The Hall–Kier alpha value is -1.41. The Bertz CT molecular complexity index is 1250. The van der Waals surface area contributed by atoms with E-state index in [1.54, 1.807) is 13.2 Å². The number of rotatable bonds is 5. The summed E-state index contributed by atoms with van der Waals surface area (Å²) >= 11 is 18.3. The summed E-state index contributed by atoms with van der Waals surface area (Å²) in [5, 5.41) is 4.83. The van der Waals surface area contributed by atoms with E-state index >= 15 is 0 Å². The fourth-order valence-electron chi connectivity index (χ4n) is 4.74. The standard InChI is InChI=1S/C26H21BrCl2INO2/c1-32-24-11-15(10-20(27)26(24)33-13-14-5-7-21(28)22(29)9-14)25-18-4-2-3-17(18)19-12-16(30)6-8-23(19)31-25/h2-3,5-12,17-18,25,31H,4,13H2,1H3/t17-,18+,25+/m1/s1. The number of ether oxygens (including phenoxy) is 2. The van der Waals surface area contributed by atoms with Gasteiger partial charge in [-0.1, -0.05) is 41.4 Å². The number of anilines is 1. The monoisotopic (exact) mass is 655 g/mol. The van der Waals surface area contributed by atoms with Crippen molar-refractivity contribution in [3.05, 3.63) is 95.5 Å². The molecule has 5 rings (SSSR count). The zero-order chi connectivity index (χ0) is 23.1.